The van der Waals surface area contributed by atoms with Gasteiger partial charge in [0, 0.05) is 15.9 Å². The van der Waals surface area contributed by atoms with Crippen LogP contribution in [0.25, 0.3) is 11.0 Å². The van der Waals surface area contributed by atoms with Crippen LogP contribution in [-0.4, -0.2) is 6.04 Å². The van der Waals surface area contributed by atoms with Gasteiger partial charge in [0.05, 0.1) is 6.04 Å². The maximum atomic E-state index is 5.90. The van der Waals surface area contributed by atoms with Gasteiger partial charge in [-0.3, -0.25) is 0 Å². The van der Waals surface area contributed by atoms with Crippen LogP contribution in [0, 0.1) is 5.92 Å². The van der Waals surface area contributed by atoms with E-state index < -0.39 is 0 Å². The molecule has 1 aliphatic rings. The number of rotatable bonds is 4. The first-order valence-electron chi connectivity index (χ1n) is 6.58. The predicted octanol–water partition coefficient (Wildman–Crippen LogP) is 4.64. The molecule has 2 atom stereocenters. The zero-order valence-corrected chi connectivity index (χ0v) is 12.3. The van der Waals surface area contributed by atoms with Gasteiger partial charge >= 0.3 is 0 Å². The SMILES string of the molecule is CC(NC(C)C1CC1)c1cc2cc(Br)ccc2o1. The zero-order chi connectivity index (χ0) is 12.7. The molecule has 2 unspecified atom stereocenters. The van der Waals surface area contributed by atoms with Gasteiger partial charge in [-0.15, -0.1) is 0 Å². The maximum absolute atomic E-state index is 5.90. The molecule has 2 aromatic rings. The van der Waals surface area contributed by atoms with Crippen molar-refractivity contribution in [3.8, 4) is 0 Å². The fourth-order valence-corrected chi connectivity index (χ4v) is 2.84. The molecule has 0 bridgehead atoms. The number of hydrogen-bond donors (Lipinski definition) is 1. The summed E-state index contributed by atoms with van der Waals surface area (Å²) >= 11 is 3.49. The minimum Gasteiger partial charge on any atom is -0.459 e. The third kappa shape index (κ3) is 2.47. The molecule has 0 aliphatic heterocycles. The van der Waals surface area contributed by atoms with Gasteiger partial charge in [-0.2, -0.15) is 0 Å². The van der Waals surface area contributed by atoms with Crippen molar-refractivity contribution in [2.24, 2.45) is 5.92 Å². The Bertz CT molecular complexity index is 559. The van der Waals surface area contributed by atoms with Gasteiger partial charge in [0.15, 0.2) is 0 Å². The van der Waals surface area contributed by atoms with E-state index in [-0.39, 0.29) is 6.04 Å². The molecule has 0 saturated heterocycles. The van der Waals surface area contributed by atoms with Crippen LogP contribution in [0.15, 0.2) is 33.2 Å². The predicted molar refractivity (Wildman–Crippen MR) is 77.7 cm³/mol. The molecule has 2 nitrogen and oxygen atoms in total. The fourth-order valence-electron chi connectivity index (χ4n) is 2.46. The van der Waals surface area contributed by atoms with E-state index in [0.717, 1.165) is 27.1 Å². The van der Waals surface area contributed by atoms with Crippen molar-refractivity contribution in [1.29, 1.82) is 0 Å². The van der Waals surface area contributed by atoms with Crippen molar-refractivity contribution in [1.82, 2.24) is 5.32 Å². The molecule has 1 N–H and O–H groups in total. The van der Waals surface area contributed by atoms with E-state index in [1.165, 1.54) is 12.8 Å². The molecule has 3 rings (SSSR count). The number of furan rings is 1. The van der Waals surface area contributed by atoms with Gasteiger partial charge in [0.2, 0.25) is 0 Å². The molecule has 1 aromatic carbocycles. The van der Waals surface area contributed by atoms with Crippen molar-refractivity contribution >= 4 is 26.9 Å². The van der Waals surface area contributed by atoms with Crippen LogP contribution in [0.3, 0.4) is 0 Å². The van der Waals surface area contributed by atoms with Crippen LogP contribution in [0.1, 0.15) is 38.5 Å². The molecule has 1 aromatic heterocycles. The number of halogens is 1. The fraction of sp³-hybridized carbons (Fsp3) is 0.467. The van der Waals surface area contributed by atoms with Crippen molar-refractivity contribution in [3.63, 3.8) is 0 Å². The number of benzene rings is 1. The molecule has 96 valence electrons. The molecule has 3 heteroatoms. The molecule has 0 amide bonds. The lowest BCUT2D eigenvalue weighted by Gasteiger charge is -2.17. The Morgan fingerprint density at radius 3 is 2.78 bits per heavy atom. The van der Waals surface area contributed by atoms with Crippen LogP contribution in [0.4, 0.5) is 0 Å². The van der Waals surface area contributed by atoms with Crippen LogP contribution >= 0.6 is 15.9 Å². The summed E-state index contributed by atoms with van der Waals surface area (Å²) in [5.74, 6) is 1.89. The highest BCUT2D eigenvalue weighted by molar-refractivity contribution is 9.10. The van der Waals surface area contributed by atoms with E-state index >= 15 is 0 Å². The van der Waals surface area contributed by atoms with Crippen LogP contribution in [-0.2, 0) is 0 Å². The first-order chi connectivity index (χ1) is 8.63. The average Bonchev–Trinajstić information content (AvgIpc) is 3.09. The minimum absolute atomic E-state index is 0.270. The third-order valence-corrected chi connectivity index (χ3v) is 4.26. The molecular formula is C15H18BrNO. The largest absolute Gasteiger partial charge is 0.459 e. The van der Waals surface area contributed by atoms with Gasteiger partial charge in [0.1, 0.15) is 11.3 Å². The molecule has 1 fully saturated rings. The Morgan fingerprint density at radius 1 is 1.28 bits per heavy atom. The number of fused-ring (bicyclic) bond motifs is 1. The minimum atomic E-state index is 0.270. The Labute approximate surface area is 116 Å². The lowest BCUT2D eigenvalue weighted by atomic mass is 10.1. The Kier molecular flexibility index (Phi) is 3.20. The highest BCUT2D eigenvalue weighted by Crippen LogP contribution is 2.34. The molecule has 1 heterocycles. The summed E-state index contributed by atoms with van der Waals surface area (Å²) < 4.78 is 6.99. The lowest BCUT2D eigenvalue weighted by molar-refractivity contribution is 0.390. The Morgan fingerprint density at radius 2 is 2.06 bits per heavy atom. The lowest BCUT2D eigenvalue weighted by Crippen LogP contribution is -2.30. The molecule has 1 saturated carbocycles. The topological polar surface area (TPSA) is 25.2 Å². The van der Waals surface area contributed by atoms with Gasteiger partial charge in [-0.25, -0.2) is 0 Å². The van der Waals surface area contributed by atoms with Crippen LogP contribution < -0.4 is 5.32 Å². The normalized spacial score (nSPS) is 19.1. The van der Waals surface area contributed by atoms with E-state index in [9.17, 15) is 0 Å². The highest BCUT2D eigenvalue weighted by atomic mass is 79.9. The quantitative estimate of drug-likeness (QED) is 0.890. The summed E-state index contributed by atoms with van der Waals surface area (Å²) in [6, 6.07) is 9.11. The van der Waals surface area contributed by atoms with Gasteiger partial charge < -0.3 is 9.73 Å². The van der Waals surface area contributed by atoms with E-state index in [1.54, 1.807) is 0 Å². The third-order valence-electron chi connectivity index (χ3n) is 3.77. The first-order valence-corrected chi connectivity index (χ1v) is 7.38. The van der Waals surface area contributed by atoms with Crippen molar-refractivity contribution in [3.05, 3.63) is 34.5 Å². The smallest absolute Gasteiger partial charge is 0.134 e. The van der Waals surface area contributed by atoms with Crippen molar-refractivity contribution in [2.45, 2.75) is 38.8 Å². The van der Waals surface area contributed by atoms with E-state index in [2.05, 4.69) is 47.2 Å². The van der Waals surface area contributed by atoms with Crippen molar-refractivity contribution < 1.29 is 4.42 Å². The number of nitrogens with one attached hydrogen (secondary N) is 1. The monoisotopic (exact) mass is 307 g/mol. The summed E-state index contributed by atoms with van der Waals surface area (Å²) in [4.78, 5) is 0. The molecule has 0 spiro atoms. The summed E-state index contributed by atoms with van der Waals surface area (Å²) in [6.45, 7) is 4.44. The maximum Gasteiger partial charge on any atom is 0.134 e. The summed E-state index contributed by atoms with van der Waals surface area (Å²) in [6.07, 6.45) is 2.74. The second-order valence-corrected chi connectivity index (χ2v) is 6.26. The standard InChI is InChI=1S/C15H18BrNO/c1-9(11-3-4-11)17-10(2)15-8-12-7-13(16)5-6-14(12)18-15/h5-11,17H,3-4H2,1-2H3. The second-order valence-electron chi connectivity index (χ2n) is 5.35. The molecule has 1 aliphatic carbocycles. The summed E-state index contributed by atoms with van der Waals surface area (Å²) in [5.41, 5.74) is 0.959. The van der Waals surface area contributed by atoms with Crippen LogP contribution in [0.5, 0.6) is 0 Å². The van der Waals surface area contributed by atoms with E-state index in [1.807, 2.05) is 12.1 Å². The van der Waals surface area contributed by atoms with Crippen molar-refractivity contribution in [2.75, 3.05) is 0 Å². The van der Waals surface area contributed by atoms with Gasteiger partial charge in [-0.1, -0.05) is 15.9 Å². The molecule has 0 radical (unpaired) electrons. The average molecular weight is 308 g/mol. The van der Waals surface area contributed by atoms with E-state index in [0.29, 0.717) is 6.04 Å². The second kappa shape index (κ2) is 4.71. The Hall–Kier alpha value is -0.800. The molecule has 18 heavy (non-hydrogen) atoms. The van der Waals surface area contributed by atoms with Crippen LogP contribution in [0.2, 0.25) is 0 Å². The number of hydrogen-bond acceptors (Lipinski definition) is 2. The first kappa shape index (κ1) is 12.2. The summed E-state index contributed by atoms with van der Waals surface area (Å²) in [7, 11) is 0. The van der Waals surface area contributed by atoms with E-state index in [4.69, 9.17) is 4.42 Å². The van der Waals surface area contributed by atoms with Gasteiger partial charge in [-0.05, 0) is 56.9 Å². The summed E-state index contributed by atoms with van der Waals surface area (Å²) in [5, 5.41) is 4.79. The highest BCUT2D eigenvalue weighted by Gasteiger charge is 2.29. The van der Waals surface area contributed by atoms with Gasteiger partial charge in [0.25, 0.3) is 0 Å². The zero-order valence-electron chi connectivity index (χ0n) is 10.7. The molecular weight excluding hydrogens is 290 g/mol. The Balaban J connectivity index is 1.80.